The van der Waals surface area contributed by atoms with Crippen molar-refractivity contribution in [2.45, 2.75) is 67.9 Å². The Kier molecular flexibility index (Phi) is 7.98. The molecule has 0 amide bonds. The van der Waals surface area contributed by atoms with Crippen LogP contribution < -0.4 is 0 Å². The van der Waals surface area contributed by atoms with E-state index in [1.54, 1.807) is 6.92 Å². The third-order valence-electron chi connectivity index (χ3n) is 3.94. The van der Waals surface area contributed by atoms with Crippen LogP contribution in [-0.2, 0) is 19.1 Å². The quantitative estimate of drug-likeness (QED) is 0.639. The fraction of sp³-hybridized carbons (Fsp3) is 0.882. The molecule has 0 spiro atoms. The summed E-state index contributed by atoms with van der Waals surface area (Å²) in [7, 11) is 0. The minimum atomic E-state index is -0.831. The first-order valence-corrected chi connectivity index (χ1v) is 7.91. The maximum Gasteiger partial charge on any atom is 0.347 e. The van der Waals surface area contributed by atoms with Crippen molar-refractivity contribution in [3.8, 4) is 0 Å². The van der Waals surface area contributed by atoms with Gasteiger partial charge in [0, 0.05) is 5.92 Å². The molecule has 0 aromatic heterocycles. The molecule has 4 nitrogen and oxygen atoms in total. The Morgan fingerprint density at radius 1 is 1.05 bits per heavy atom. The Labute approximate surface area is 129 Å². The summed E-state index contributed by atoms with van der Waals surface area (Å²) in [5.41, 5.74) is -0.621. The van der Waals surface area contributed by atoms with E-state index in [0.717, 1.165) is 6.42 Å². The van der Waals surface area contributed by atoms with Gasteiger partial charge < -0.3 is 9.47 Å². The van der Waals surface area contributed by atoms with E-state index in [-0.39, 0.29) is 24.4 Å². The second-order valence-electron chi connectivity index (χ2n) is 7.07. The van der Waals surface area contributed by atoms with Gasteiger partial charge in [0.2, 0.25) is 6.10 Å². The largest absolute Gasteiger partial charge is 0.463 e. The van der Waals surface area contributed by atoms with Crippen molar-refractivity contribution in [3.05, 3.63) is 0 Å². The number of carbonyl (C=O) groups excluding carboxylic acids is 2. The highest BCUT2D eigenvalue weighted by molar-refractivity contribution is 5.82. The molecular formula is C17H32O4. The number of hydrogen-bond donors (Lipinski definition) is 0. The summed E-state index contributed by atoms with van der Waals surface area (Å²) in [6, 6.07) is 0. The first kappa shape index (κ1) is 19.9. The molecule has 0 N–H and O–H groups in total. The van der Waals surface area contributed by atoms with Crippen molar-refractivity contribution >= 4 is 11.9 Å². The zero-order valence-corrected chi connectivity index (χ0v) is 14.9. The molecule has 0 aliphatic carbocycles. The van der Waals surface area contributed by atoms with Gasteiger partial charge in [-0.05, 0) is 39.0 Å². The topological polar surface area (TPSA) is 52.6 Å². The second kappa shape index (κ2) is 8.40. The molecule has 0 rings (SSSR count). The molecule has 4 heteroatoms. The van der Waals surface area contributed by atoms with Crippen molar-refractivity contribution in [3.63, 3.8) is 0 Å². The van der Waals surface area contributed by atoms with Gasteiger partial charge in [-0.3, -0.25) is 4.79 Å². The van der Waals surface area contributed by atoms with Crippen molar-refractivity contribution in [1.29, 1.82) is 0 Å². The van der Waals surface area contributed by atoms with Gasteiger partial charge in [0.25, 0.3) is 0 Å². The molecule has 0 heterocycles. The molecule has 21 heavy (non-hydrogen) atoms. The molecule has 0 aromatic rings. The van der Waals surface area contributed by atoms with Crippen LogP contribution in [-0.4, -0.2) is 24.6 Å². The SMILES string of the molecule is CCOC(=O)C(OC(=O)C(C)(C)C(C)CC(C)C)C(C)C. The lowest BCUT2D eigenvalue weighted by Gasteiger charge is -2.32. The molecule has 0 aromatic carbocycles. The average Bonchev–Trinajstić information content (AvgIpc) is 2.34. The monoisotopic (exact) mass is 300 g/mol. The minimum Gasteiger partial charge on any atom is -0.463 e. The molecule has 0 radical (unpaired) electrons. The van der Waals surface area contributed by atoms with Gasteiger partial charge in [-0.1, -0.05) is 34.6 Å². The van der Waals surface area contributed by atoms with Gasteiger partial charge in [-0.15, -0.1) is 0 Å². The van der Waals surface area contributed by atoms with E-state index >= 15 is 0 Å². The Morgan fingerprint density at radius 3 is 1.95 bits per heavy atom. The zero-order valence-electron chi connectivity index (χ0n) is 14.9. The molecule has 0 fully saturated rings. The summed E-state index contributed by atoms with van der Waals surface area (Å²) in [6.07, 6.45) is 0.108. The highest BCUT2D eigenvalue weighted by Gasteiger charge is 2.39. The lowest BCUT2D eigenvalue weighted by Crippen LogP contribution is -2.41. The van der Waals surface area contributed by atoms with Crippen LogP contribution in [0.2, 0.25) is 0 Å². The number of ether oxygens (including phenoxy) is 2. The Bertz CT molecular complexity index is 345. The van der Waals surface area contributed by atoms with Gasteiger partial charge in [0.1, 0.15) is 0 Å². The van der Waals surface area contributed by atoms with Crippen molar-refractivity contribution < 1.29 is 19.1 Å². The lowest BCUT2D eigenvalue weighted by atomic mass is 9.76. The molecule has 0 aliphatic rings. The van der Waals surface area contributed by atoms with Crippen LogP contribution in [0.3, 0.4) is 0 Å². The standard InChI is InChI=1S/C17H32O4/c1-9-20-15(18)14(12(4)5)21-16(19)17(7,8)13(6)10-11(2)3/h11-14H,9-10H2,1-8H3. The maximum absolute atomic E-state index is 12.5. The number of rotatable bonds is 8. The molecule has 0 bridgehead atoms. The lowest BCUT2D eigenvalue weighted by molar-refractivity contribution is -0.178. The van der Waals surface area contributed by atoms with Crippen LogP contribution in [0.1, 0.15) is 61.8 Å². The first-order chi connectivity index (χ1) is 9.53. The van der Waals surface area contributed by atoms with Crippen LogP contribution in [0, 0.1) is 23.2 Å². The summed E-state index contributed by atoms with van der Waals surface area (Å²) >= 11 is 0. The van der Waals surface area contributed by atoms with E-state index in [1.165, 1.54) is 0 Å². The van der Waals surface area contributed by atoms with Crippen LogP contribution >= 0.6 is 0 Å². The molecular weight excluding hydrogens is 268 g/mol. The summed E-state index contributed by atoms with van der Waals surface area (Å²) < 4.78 is 10.5. The van der Waals surface area contributed by atoms with Gasteiger partial charge in [0.05, 0.1) is 12.0 Å². The van der Waals surface area contributed by atoms with Crippen LogP contribution in [0.4, 0.5) is 0 Å². The van der Waals surface area contributed by atoms with Crippen LogP contribution in [0.25, 0.3) is 0 Å². The fourth-order valence-corrected chi connectivity index (χ4v) is 2.15. The summed E-state index contributed by atoms with van der Waals surface area (Å²) in [5.74, 6) is -0.210. The molecule has 2 atom stereocenters. The average molecular weight is 300 g/mol. The van der Waals surface area contributed by atoms with E-state index in [4.69, 9.17) is 9.47 Å². The predicted molar refractivity (Wildman–Crippen MR) is 83.8 cm³/mol. The van der Waals surface area contributed by atoms with E-state index < -0.39 is 17.5 Å². The Balaban J connectivity index is 4.92. The van der Waals surface area contributed by atoms with Crippen molar-refractivity contribution in [2.24, 2.45) is 23.2 Å². The number of hydrogen-bond acceptors (Lipinski definition) is 4. The molecule has 0 saturated carbocycles. The van der Waals surface area contributed by atoms with E-state index in [2.05, 4.69) is 20.8 Å². The third kappa shape index (κ3) is 6.06. The van der Waals surface area contributed by atoms with Crippen LogP contribution in [0.15, 0.2) is 0 Å². The van der Waals surface area contributed by atoms with Gasteiger partial charge in [0.15, 0.2) is 0 Å². The molecule has 0 aliphatic heterocycles. The Morgan fingerprint density at radius 2 is 1.57 bits per heavy atom. The molecule has 0 saturated heterocycles. The zero-order chi connectivity index (χ0) is 16.8. The number of esters is 2. The smallest absolute Gasteiger partial charge is 0.347 e. The van der Waals surface area contributed by atoms with Crippen LogP contribution in [0.5, 0.6) is 0 Å². The normalized spacial score (nSPS) is 15.0. The first-order valence-electron chi connectivity index (χ1n) is 7.91. The minimum absolute atomic E-state index is 0.107. The summed E-state index contributed by atoms with van der Waals surface area (Å²) in [4.78, 5) is 24.4. The fourth-order valence-electron chi connectivity index (χ4n) is 2.15. The summed E-state index contributed by atoms with van der Waals surface area (Å²) in [6.45, 7) is 15.8. The van der Waals surface area contributed by atoms with Gasteiger partial charge >= 0.3 is 11.9 Å². The highest BCUT2D eigenvalue weighted by atomic mass is 16.6. The van der Waals surface area contributed by atoms with Gasteiger partial charge in [-0.2, -0.15) is 0 Å². The number of carbonyl (C=O) groups is 2. The van der Waals surface area contributed by atoms with Crippen molar-refractivity contribution in [1.82, 2.24) is 0 Å². The van der Waals surface area contributed by atoms with Gasteiger partial charge in [-0.25, -0.2) is 4.79 Å². The maximum atomic E-state index is 12.5. The predicted octanol–water partition coefficient (Wildman–Crippen LogP) is 3.83. The molecule has 124 valence electrons. The third-order valence-corrected chi connectivity index (χ3v) is 3.94. The van der Waals surface area contributed by atoms with E-state index in [1.807, 2.05) is 27.7 Å². The highest BCUT2D eigenvalue weighted by Crippen LogP contribution is 2.33. The van der Waals surface area contributed by atoms with E-state index in [9.17, 15) is 9.59 Å². The molecule has 2 unspecified atom stereocenters. The Hall–Kier alpha value is -1.06. The second-order valence-corrected chi connectivity index (χ2v) is 7.07. The summed E-state index contributed by atoms with van der Waals surface area (Å²) in [5, 5.41) is 0. The van der Waals surface area contributed by atoms with Crippen molar-refractivity contribution in [2.75, 3.05) is 6.61 Å². The van der Waals surface area contributed by atoms with E-state index in [0.29, 0.717) is 5.92 Å².